The molecule has 0 aromatic heterocycles. The Kier molecular flexibility index (Phi) is 4.54. The SMILES string of the molecule is N#Cc1cccc(Cl)c1N1CCCC(C(=O)NCC2CC2)C1. The first-order valence-electron chi connectivity index (χ1n) is 7.90. The molecule has 1 aliphatic carbocycles. The number of para-hydroxylation sites is 1. The van der Waals surface area contributed by atoms with E-state index in [4.69, 9.17) is 11.6 Å². The number of amides is 1. The van der Waals surface area contributed by atoms with E-state index in [1.54, 1.807) is 18.2 Å². The van der Waals surface area contributed by atoms with Crippen molar-refractivity contribution in [1.82, 2.24) is 5.32 Å². The van der Waals surface area contributed by atoms with Crippen LogP contribution in [0, 0.1) is 23.2 Å². The molecule has 22 heavy (non-hydrogen) atoms. The Morgan fingerprint density at radius 1 is 1.41 bits per heavy atom. The zero-order valence-corrected chi connectivity index (χ0v) is 13.3. The van der Waals surface area contributed by atoms with E-state index >= 15 is 0 Å². The monoisotopic (exact) mass is 317 g/mol. The summed E-state index contributed by atoms with van der Waals surface area (Å²) in [4.78, 5) is 14.4. The molecular formula is C17H20ClN3O. The number of nitrogens with zero attached hydrogens (tertiary/aromatic N) is 2. The summed E-state index contributed by atoms with van der Waals surface area (Å²) in [7, 11) is 0. The Hall–Kier alpha value is -1.73. The van der Waals surface area contributed by atoms with Crippen molar-refractivity contribution in [3.63, 3.8) is 0 Å². The highest BCUT2D eigenvalue weighted by molar-refractivity contribution is 6.33. The number of rotatable bonds is 4. The lowest BCUT2D eigenvalue weighted by Crippen LogP contribution is -2.43. The molecule has 3 rings (SSSR count). The molecule has 1 aliphatic heterocycles. The molecule has 1 N–H and O–H groups in total. The zero-order valence-electron chi connectivity index (χ0n) is 12.5. The number of hydrogen-bond acceptors (Lipinski definition) is 3. The normalized spacial score (nSPS) is 21.3. The number of anilines is 1. The van der Waals surface area contributed by atoms with Gasteiger partial charge < -0.3 is 10.2 Å². The number of piperidine rings is 1. The van der Waals surface area contributed by atoms with E-state index in [9.17, 15) is 10.1 Å². The smallest absolute Gasteiger partial charge is 0.224 e. The average molecular weight is 318 g/mol. The van der Waals surface area contributed by atoms with Crippen LogP contribution in [0.15, 0.2) is 18.2 Å². The summed E-state index contributed by atoms with van der Waals surface area (Å²) in [6.45, 7) is 2.28. The number of nitriles is 1. The average Bonchev–Trinajstić information content (AvgIpc) is 3.36. The van der Waals surface area contributed by atoms with Crippen molar-refractivity contribution in [2.45, 2.75) is 25.7 Å². The highest BCUT2D eigenvalue weighted by atomic mass is 35.5. The van der Waals surface area contributed by atoms with Crippen LogP contribution >= 0.6 is 11.6 Å². The maximum atomic E-state index is 12.3. The molecule has 0 bridgehead atoms. The van der Waals surface area contributed by atoms with Gasteiger partial charge in [0.1, 0.15) is 6.07 Å². The molecule has 1 aromatic rings. The lowest BCUT2D eigenvalue weighted by atomic mass is 9.96. The minimum atomic E-state index is -0.0182. The van der Waals surface area contributed by atoms with Crippen LogP contribution in [0.3, 0.4) is 0 Å². The van der Waals surface area contributed by atoms with E-state index in [0.717, 1.165) is 31.6 Å². The summed E-state index contributed by atoms with van der Waals surface area (Å²) in [6.07, 6.45) is 4.32. The predicted molar refractivity (Wildman–Crippen MR) is 86.8 cm³/mol. The van der Waals surface area contributed by atoms with Crippen LogP contribution in [-0.2, 0) is 4.79 Å². The summed E-state index contributed by atoms with van der Waals surface area (Å²) in [5.74, 6) is 0.815. The number of carbonyl (C=O) groups is 1. The lowest BCUT2D eigenvalue weighted by Gasteiger charge is -2.34. The van der Waals surface area contributed by atoms with E-state index < -0.39 is 0 Å². The van der Waals surface area contributed by atoms with E-state index in [-0.39, 0.29) is 11.8 Å². The molecule has 1 saturated heterocycles. The van der Waals surface area contributed by atoms with Crippen molar-refractivity contribution < 1.29 is 4.79 Å². The molecule has 5 heteroatoms. The van der Waals surface area contributed by atoms with Crippen LogP contribution in [0.1, 0.15) is 31.2 Å². The molecule has 1 saturated carbocycles. The molecule has 1 unspecified atom stereocenters. The number of halogens is 1. The van der Waals surface area contributed by atoms with Gasteiger partial charge in [-0.15, -0.1) is 0 Å². The fourth-order valence-electron chi connectivity index (χ4n) is 3.03. The molecule has 1 atom stereocenters. The van der Waals surface area contributed by atoms with Gasteiger partial charge in [-0.2, -0.15) is 5.26 Å². The van der Waals surface area contributed by atoms with E-state index in [1.807, 2.05) is 0 Å². The van der Waals surface area contributed by atoms with Gasteiger partial charge >= 0.3 is 0 Å². The van der Waals surface area contributed by atoms with Crippen molar-refractivity contribution >= 4 is 23.2 Å². The van der Waals surface area contributed by atoms with Crippen molar-refractivity contribution in [3.05, 3.63) is 28.8 Å². The maximum absolute atomic E-state index is 12.3. The van der Waals surface area contributed by atoms with Crippen LogP contribution in [0.5, 0.6) is 0 Å². The van der Waals surface area contributed by atoms with Crippen molar-refractivity contribution in [2.75, 3.05) is 24.5 Å². The van der Waals surface area contributed by atoms with Gasteiger partial charge in [-0.25, -0.2) is 0 Å². The lowest BCUT2D eigenvalue weighted by molar-refractivity contribution is -0.125. The molecule has 0 spiro atoms. The quantitative estimate of drug-likeness (QED) is 0.929. The molecular weight excluding hydrogens is 298 g/mol. The molecule has 2 fully saturated rings. The number of hydrogen-bond donors (Lipinski definition) is 1. The van der Waals surface area contributed by atoms with Crippen molar-refractivity contribution in [2.24, 2.45) is 11.8 Å². The summed E-state index contributed by atoms with van der Waals surface area (Å²) in [5.41, 5.74) is 1.35. The summed E-state index contributed by atoms with van der Waals surface area (Å²) >= 11 is 6.29. The third kappa shape index (κ3) is 3.36. The van der Waals surface area contributed by atoms with Gasteiger partial charge in [0, 0.05) is 19.6 Å². The zero-order chi connectivity index (χ0) is 15.5. The van der Waals surface area contributed by atoms with Crippen LogP contribution in [0.25, 0.3) is 0 Å². The molecule has 1 amide bonds. The van der Waals surface area contributed by atoms with E-state index in [1.165, 1.54) is 12.8 Å². The predicted octanol–water partition coefficient (Wildman–Crippen LogP) is 2.95. The number of benzene rings is 1. The third-order valence-electron chi connectivity index (χ3n) is 4.48. The maximum Gasteiger partial charge on any atom is 0.224 e. The van der Waals surface area contributed by atoms with E-state index in [2.05, 4.69) is 16.3 Å². The third-order valence-corrected chi connectivity index (χ3v) is 4.78. The van der Waals surface area contributed by atoms with Crippen molar-refractivity contribution in [1.29, 1.82) is 5.26 Å². The number of carbonyl (C=O) groups excluding carboxylic acids is 1. The minimum Gasteiger partial charge on any atom is -0.368 e. The van der Waals surface area contributed by atoms with Gasteiger partial charge in [-0.05, 0) is 43.7 Å². The van der Waals surface area contributed by atoms with E-state index in [0.29, 0.717) is 23.0 Å². The first-order chi connectivity index (χ1) is 10.7. The molecule has 0 radical (unpaired) electrons. The fraction of sp³-hybridized carbons (Fsp3) is 0.529. The second-order valence-electron chi connectivity index (χ2n) is 6.22. The molecule has 4 nitrogen and oxygen atoms in total. The summed E-state index contributed by atoms with van der Waals surface area (Å²) < 4.78 is 0. The highest BCUT2D eigenvalue weighted by Gasteiger charge is 2.29. The largest absolute Gasteiger partial charge is 0.368 e. The second kappa shape index (κ2) is 6.58. The standard InChI is InChI=1S/C17H20ClN3O/c18-15-5-1-3-13(9-19)16(15)21-8-2-4-14(11-21)17(22)20-10-12-6-7-12/h1,3,5,12,14H,2,4,6-8,10-11H2,(H,20,22). The Morgan fingerprint density at radius 3 is 2.95 bits per heavy atom. The molecule has 116 valence electrons. The second-order valence-corrected chi connectivity index (χ2v) is 6.63. The van der Waals surface area contributed by atoms with Crippen LogP contribution in [-0.4, -0.2) is 25.5 Å². The summed E-state index contributed by atoms with van der Waals surface area (Å²) in [5, 5.41) is 12.9. The topological polar surface area (TPSA) is 56.1 Å². The Balaban J connectivity index is 1.70. The Morgan fingerprint density at radius 2 is 2.23 bits per heavy atom. The van der Waals surface area contributed by atoms with Gasteiger partial charge in [0.25, 0.3) is 0 Å². The first kappa shape index (κ1) is 15.2. The van der Waals surface area contributed by atoms with Gasteiger partial charge in [0.2, 0.25) is 5.91 Å². The van der Waals surface area contributed by atoms with Gasteiger partial charge in [0.15, 0.2) is 0 Å². The summed E-state index contributed by atoms with van der Waals surface area (Å²) in [6, 6.07) is 7.56. The number of nitrogens with one attached hydrogen (secondary N) is 1. The van der Waals surface area contributed by atoms with Crippen LogP contribution in [0.2, 0.25) is 5.02 Å². The first-order valence-corrected chi connectivity index (χ1v) is 8.28. The minimum absolute atomic E-state index is 0.0182. The Labute approximate surface area is 136 Å². The van der Waals surface area contributed by atoms with Gasteiger partial charge in [-0.3, -0.25) is 4.79 Å². The Bertz CT molecular complexity index is 606. The van der Waals surface area contributed by atoms with Gasteiger partial charge in [-0.1, -0.05) is 17.7 Å². The molecule has 1 heterocycles. The van der Waals surface area contributed by atoms with Gasteiger partial charge in [0.05, 0.1) is 22.2 Å². The molecule has 1 aromatic carbocycles. The van der Waals surface area contributed by atoms with Crippen LogP contribution in [0.4, 0.5) is 5.69 Å². The highest BCUT2D eigenvalue weighted by Crippen LogP contribution is 2.33. The van der Waals surface area contributed by atoms with Crippen LogP contribution < -0.4 is 10.2 Å². The fourth-order valence-corrected chi connectivity index (χ4v) is 3.33. The van der Waals surface area contributed by atoms with Crippen molar-refractivity contribution in [3.8, 4) is 6.07 Å². The molecule has 2 aliphatic rings.